The molecule has 0 unspecified atom stereocenters. The maximum atomic E-state index is 12.7. The minimum atomic E-state index is -0.610. The van der Waals surface area contributed by atoms with Crippen LogP contribution < -0.4 is 10.1 Å². The highest BCUT2D eigenvalue weighted by atomic mass is 19.1. The lowest BCUT2D eigenvalue weighted by Gasteiger charge is -2.26. The van der Waals surface area contributed by atoms with Crippen LogP contribution in [0.15, 0.2) is 24.3 Å². The van der Waals surface area contributed by atoms with E-state index in [0.29, 0.717) is 5.75 Å². The number of amides is 1. The molecule has 1 rings (SSSR count). The molecule has 0 aliphatic heterocycles. The molecule has 0 aliphatic rings. The van der Waals surface area contributed by atoms with Crippen molar-refractivity contribution < 1.29 is 13.9 Å². The van der Waals surface area contributed by atoms with E-state index in [9.17, 15) is 9.18 Å². The van der Waals surface area contributed by atoms with Gasteiger partial charge in [-0.2, -0.15) is 0 Å². The third-order valence-corrected chi connectivity index (χ3v) is 2.84. The summed E-state index contributed by atoms with van der Waals surface area (Å²) in [5.74, 6) is -0.0221. The van der Waals surface area contributed by atoms with E-state index in [4.69, 9.17) is 4.74 Å². The zero-order valence-corrected chi connectivity index (χ0v) is 11.3. The first-order valence-corrected chi connectivity index (χ1v) is 6.08. The number of carbonyl (C=O) groups excluding carboxylic acids is 1. The van der Waals surface area contributed by atoms with Crippen molar-refractivity contribution >= 4 is 5.91 Å². The Morgan fingerprint density at radius 1 is 1.39 bits per heavy atom. The van der Waals surface area contributed by atoms with Gasteiger partial charge in [0.1, 0.15) is 11.6 Å². The van der Waals surface area contributed by atoms with Gasteiger partial charge in [0.15, 0.2) is 6.10 Å². The van der Waals surface area contributed by atoms with Gasteiger partial charge in [-0.25, -0.2) is 4.39 Å². The summed E-state index contributed by atoms with van der Waals surface area (Å²) in [6.07, 6.45) is 0.225. The molecule has 0 aromatic heterocycles. The van der Waals surface area contributed by atoms with Crippen LogP contribution in [0, 0.1) is 5.82 Å². The third kappa shape index (κ3) is 4.35. The molecule has 0 fully saturated rings. The van der Waals surface area contributed by atoms with Crippen molar-refractivity contribution in [3.63, 3.8) is 0 Å². The van der Waals surface area contributed by atoms with Gasteiger partial charge in [0.05, 0.1) is 0 Å². The number of carbonyl (C=O) groups is 1. The van der Waals surface area contributed by atoms with Crippen LogP contribution in [-0.4, -0.2) is 17.6 Å². The first-order valence-electron chi connectivity index (χ1n) is 6.08. The van der Waals surface area contributed by atoms with Crippen molar-refractivity contribution in [2.75, 3.05) is 0 Å². The molecule has 0 saturated carbocycles. The Kier molecular flexibility index (Phi) is 4.70. The number of halogens is 1. The summed E-state index contributed by atoms with van der Waals surface area (Å²) in [5.41, 5.74) is -0.252. The highest BCUT2D eigenvalue weighted by Gasteiger charge is 2.22. The fourth-order valence-corrected chi connectivity index (χ4v) is 1.29. The lowest BCUT2D eigenvalue weighted by atomic mass is 10.0. The minimum Gasteiger partial charge on any atom is -0.481 e. The standard InChI is InChI=1S/C14H20FNO2/c1-5-14(3,4)16-13(17)10(2)18-12-8-6-11(15)7-9-12/h6-10H,5H2,1-4H3,(H,16,17)/t10-/m1/s1. The van der Waals surface area contributed by atoms with Gasteiger partial charge in [-0.3, -0.25) is 4.79 Å². The molecule has 1 amide bonds. The topological polar surface area (TPSA) is 38.3 Å². The Balaban J connectivity index is 2.57. The largest absolute Gasteiger partial charge is 0.481 e. The summed E-state index contributed by atoms with van der Waals surface area (Å²) >= 11 is 0. The second-order valence-electron chi connectivity index (χ2n) is 4.94. The Hall–Kier alpha value is -1.58. The first-order chi connectivity index (χ1) is 8.34. The molecule has 100 valence electrons. The van der Waals surface area contributed by atoms with E-state index in [0.717, 1.165) is 6.42 Å². The summed E-state index contributed by atoms with van der Waals surface area (Å²) in [4.78, 5) is 11.9. The number of rotatable bonds is 5. The van der Waals surface area contributed by atoms with Gasteiger partial charge >= 0.3 is 0 Å². The predicted molar refractivity (Wildman–Crippen MR) is 69.0 cm³/mol. The van der Waals surface area contributed by atoms with Crippen LogP contribution in [0.5, 0.6) is 5.75 Å². The molecule has 0 spiro atoms. The predicted octanol–water partition coefficient (Wildman–Crippen LogP) is 2.90. The van der Waals surface area contributed by atoms with Crippen molar-refractivity contribution in [3.05, 3.63) is 30.1 Å². The van der Waals surface area contributed by atoms with E-state index >= 15 is 0 Å². The van der Waals surface area contributed by atoms with Crippen LogP contribution in [0.1, 0.15) is 34.1 Å². The lowest BCUT2D eigenvalue weighted by Crippen LogP contribution is -2.48. The van der Waals surface area contributed by atoms with Gasteiger partial charge in [-0.05, 0) is 51.5 Å². The molecule has 1 aromatic rings. The van der Waals surface area contributed by atoms with Crippen molar-refractivity contribution in [1.82, 2.24) is 5.32 Å². The zero-order valence-electron chi connectivity index (χ0n) is 11.3. The number of nitrogens with one attached hydrogen (secondary N) is 1. The number of benzene rings is 1. The van der Waals surface area contributed by atoms with Gasteiger partial charge in [0.2, 0.25) is 0 Å². The van der Waals surface area contributed by atoms with Gasteiger partial charge in [0, 0.05) is 5.54 Å². The molecule has 3 nitrogen and oxygen atoms in total. The van der Waals surface area contributed by atoms with E-state index in [2.05, 4.69) is 5.32 Å². The zero-order chi connectivity index (χ0) is 13.8. The molecular formula is C14H20FNO2. The Morgan fingerprint density at radius 3 is 2.44 bits per heavy atom. The Labute approximate surface area is 107 Å². The second kappa shape index (κ2) is 5.85. The Morgan fingerprint density at radius 2 is 1.94 bits per heavy atom. The summed E-state index contributed by atoms with van der Waals surface area (Å²) in [6, 6.07) is 5.61. The maximum absolute atomic E-state index is 12.7. The van der Waals surface area contributed by atoms with Crippen LogP contribution in [0.25, 0.3) is 0 Å². The molecule has 0 aliphatic carbocycles. The van der Waals surface area contributed by atoms with Gasteiger partial charge in [-0.15, -0.1) is 0 Å². The third-order valence-electron chi connectivity index (χ3n) is 2.84. The quantitative estimate of drug-likeness (QED) is 0.876. The SMILES string of the molecule is CCC(C)(C)NC(=O)[C@@H](C)Oc1ccc(F)cc1. The van der Waals surface area contributed by atoms with Crippen molar-refractivity contribution in [1.29, 1.82) is 0 Å². The summed E-state index contributed by atoms with van der Waals surface area (Å²) in [7, 11) is 0. The molecule has 18 heavy (non-hydrogen) atoms. The number of hydrogen-bond donors (Lipinski definition) is 1. The molecule has 0 saturated heterocycles. The fraction of sp³-hybridized carbons (Fsp3) is 0.500. The average Bonchev–Trinajstić information content (AvgIpc) is 2.31. The van der Waals surface area contributed by atoms with E-state index in [-0.39, 0.29) is 17.3 Å². The highest BCUT2D eigenvalue weighted by molar-refractivity contribution is 5.81. The first kappa shape index (κ1) is 14.5. The van der Waals surface area contributed by atoms with Crippen molar-refractivity contribution in [2.45, 2.75) is 45.8 Å². The van der Waals surface area contributed by atoms with Gasteiger partial charge < -0.3 is 10.1 Å². The normalized spacial score (nSPS) is 12.9. The number of hydrogen-bond acceptors (Lipinski definition) is 2. The van der Waals surface area contributed by atoms with Crippen LogP contribution in [0.2, 0.25) is 0 Å². The average molecular weight is 253 g/mol. The van der Waals surface area contributed by atoms with Crippen molar-refractivity contribution in [2.24, 2.45) is 0 Å². The van der Waals surface area contributed by atoms with Gasteiger partial charge in [-0.1, -0.05) is 6.92 Å². The molecule has 0 radical (unpaired) electrons. The molecule has 1 N–H and O–H groups in total. The van der Waals surface area contributed by atoms with Crippen LogP contribution in [0.3, 0.4) is 0 Å². The molecular weight excluding hydrogens is 233 g/mol. The van der Waals surface area contributed by atoms with E-state index < -0.39 is 6.10 Å². The molecule has 0 bridgehead atoms. The summed E-state index contributed by atoms with van der Waals surface area (Å²) < 4.78 is 18.2. The summed E-state index contributed by atoms with van der Waals surface area (Å²) in [6.45, 7) is 7.58. The minimum absolute atomic E-state index is 0.175. The second-order valence-corrected chi connectivity index (χ2v) is 4.94. The Bertz CT molecular complexity index is 401. The molecule has 1 aromatic carbocycles. The van der Waals surface area contributed by atoms with E-state index in [1.54, 1.807) is 6.92 Å². The highest BCUT2D eigenvalue weighted by Crippen LogP contribution is 2.14. The van der Waals surface area contributed by atoms with Crippen LogP contribution in [0.4, 0.5) is 4.39 Å². The van der Waals surface area contributed by atoms with Crippen molar-refractivity contribution in [3.8, 4) is 5.75 Å². The van der Waals surface area contributed by atoms with Gasteiger partial charge in [0.25, 0.3) is 5.91 Å². The lowest BCUT2D eigenvalue weighted by molar-refractivity contribution is -0.128. The fourth-order valence-electron chi connectivity index (χ4n) is 1.29. The van der Waals surface area contributed by atoms with E-state index in [1.807, 2.05) is 20.8 Å². The monoisotopic (exact) mass is 253 g/mol. The molecule has 0 heterocycles. The maximum Gasteiger partial charge on any atom is 0.261 e. The van der Waals surface area contributed by atoms with Crippen LogP contribution >= 0.6 is 0 Å². The molecule has 1 atom stereocenters. The smallest absolute Gasteiger partial charge is 0.261 e. The van der Waals surface area contributed by atoms with Crippen LogP contribution in [-0.2, 0) is 4.79 Å². The molecule has 4 heteroatoms. The van der Waals surface area contributed by atoms with E-state index in [1.165, 1.54) is 24.3 Å². The number of ether oxygens (including phenoxy) is 1. The summed E-state index contributed by atoms with van der Waals surface area (Å²) in [5, 5.41) is 2.90.